The molecule has 1 atom stereocenters. The van der Waals surface area contributed by atoms with Crippen molar-refractivity contribution in [3.63, 3.8) is 0 Å². The summed E-state index contributed by atoms with van der Waals surface area (Å²) in [5.74, 6) is 0. The van der Waals surface area contributed by atoms with E-state index in [1.54, 1.807) is 7.11 Å². The van der Waals surface area contributed by atoms with Gasteiger partial charge < -0.3 is 4.74 Å². The van der Waals surface area contributed by atoms with Gasteiger partial charge in [-0.05, 0) is 12.8 Å². The number of rotatable bonds is 4. The molecule has 0 bridgehead atoms. The fourth-order valence-electron chi connectivity index (χ4n) is 1.01. The molecule has 0 saturated carbocycles. The van der Waals surface area contributed by atoms with Gasteiger partial charge in [-0.15, -0.1) is 0 Å². The minimum atomic E-state index is -0.519. The van der Waals surface area contributed by atoms with Gasteiger partial charge in [0, 0.05) is 7.11 Å². The van der Waals surface area contributed by atoms with Crippen LogP contribution in [0.4, 0.5) is 0 Å². The molecule has 0 N–H and O–H groups in total. The molecule has 2 heteroatoms. The van der Waals surface area contributed by atoms with Gasteiger partial charge in [0.15, 0.2) is 5.60 Å². The Hall–Kier alpha value is -0.550. The summed E-state index contributed by atoms with van der Waals surface area (Å²) in [7, 11) is 1.60. The summed E-state index contributed by atoms with van der Waals surface area (Å²) in [6.45, 7) is 4.03. The average Bonchev–Trinajstić information content (AvgIpc) is 2.01. The van der Waals surface area contributed by atoms with E-state index in [0.29, 0.717) is 0 Å². The van der Waals surface area contributed by atoms with Crippen LogP contribution in [-0.2, 0) is 4.74 Å². The van der Waals surface area contributed by atoms with Gasteiger partial charge in [-0.25, -0.2) is 0 Å². The highest BCUT2D eigenvalue weighted by Crippen LogP contribution is 2.19. The van der Waals surface area contributed by atoms with Crippen molar-refractivity contribution in [2.75, 3.05) is 7.11 Å². The maximum absolute atomic E-state index is 8.73. The van der Waals surface area contributed by atoms with Crippen LogP contribution in [0.2, 0.25) is 0 Å². The van der Waals surface area contributed by atoms with Crippen molar-refractivity contribution in [2.24, 2.45) is 0 Å². The smallest absolute Gasteiger partial charge is 0.153 e. The Kier molecular flexibility index (Phi) is 4.06. The SMILES string of the molecule is CCCC(C#N)(CC)OC. The summed E-state index contributed by atoms with van der Waals surface area (Å²) in [6, 6.07) is 2.19. The lowest BCUT2D eigenvalue weighted by molar-refractivity contribution is 0.0280. The number of methoxy groups -OCH3 is 1. The van der Waals surface area contributed by atoms with Crippen molar-refractivity contribution in [3.8, 4) is 6.07 Å². The van der Waals surface area contributed by atoms with Gasteiger partial charge in [0.25, 0.3) is 0 Å². The molecule has 0 aliphatic carbocycles. The molecule has 2 nitrogen and oxygen atoms in total. The quantitative estimate of drug-likeness (QED) is 0.600. The van der Waals surface area contributed by atoms with E-state index in [9.17, 15) is 0 Å². The molecular weight excluding hydrogens is 126 g/mol. The predicted molar refractivity (Wildman–Crippen MR) is 40.6 cm³/mol. The van der Waals surface area contributed by atoms with E-state index in [-0.39, 0.29) is 0 Å². The van der Waals surface area contributed by atoms with Crippen molar-refractivity contribution in [1.82, 2.24) is 0 Å². The predicted octanol–water partition coefficient (Wildman–Crippen LogP) is 2.11. The Morgan fingerprint density at radius 2 is 2.10 bits per heavy atom. The Morgan fingerprint density at radius 3 is 2.20 bits per heavy atom. The molecular formula is C8H15NO. The van der Waals surface area contributed by atoms with Crippen LogP contribution in [0.3, 0.4) is 0 Å². The Labute approximate surface area is 62.8 Å². The average molecular weight is 141 g/mol. The molecule has 0 aliphatic rings. The first-order chi connectivity index (χ1) is 4.74. The maximum atomic E-state index is 8.73. The van der Waals surface area contributed by atoms with E-state index in [2.05, 4.69) is 13.0 Å². The van der Waals surface area contributed by atoms with E-state index in [4.69, 9.17) is 10.00 Å². The summed E-state index contributed by atoms with van der Waals surface area (Å²) in [5, 5.41) is 8.73. The van der Waals surface area contributed by atoms with E-state index in [1.165, 1.54) is 0 Å². The van der Waals surface area contributed by atoms with Crippen LogP contribution >= 0.6 is 0 Å². The maximum Gasteiger partial charge on any atom is 0.153 e. The fourth-order valence-corrected chi connectivity index (χ4v) is 1.01. The van der Waals surface area contributed by atoms with E-state index in [1.807, 2.05) is 6.92 Å². The van der Waals surface area contributed by atoms with Crippen LogP contribution in [-0.4, -0.2) is 12.7 Å². The lowest BCUT2D eigenvalue weighted by Gasteiger charge is -2.21. The van der Waals surface area contributed by atoms with Crippen LogP contribution in [0.15, 0.2) is 0 Å². The minimum Gasteiger partial charge on any atom is -0.363 e. The van der Waals surface area contributed by atoms with Crippen molar-refractivity contribution < 1.29 is 4.74 Å². The molecule has 0 aromatic carbocycles. The summed E-state index contributed by atoms with van der Waals surface area (Å²) >= 11 is 0. The topological polar surface area (TPSA) is 33.0 Å². The summed E-state index contributed by atoms with van der Waals surface area (Å²) in [5.41, 5.74) is -0.519. The van der Waals surface area contributed by atoms with Gasteiger partial charge in [0.1, 0.15) is 0 Å². The zero-order valence-corrected chi connectivity index (χ0v) is 6.98. The molecule has 0 aromatic heterocycles. The second-order valence-corrected chi connectivity index (χ2v) is 2.41. The van der Waals surface area contributed by atoms with Gasteiger partial charge in [-0.1, -0.05) is 20.3 Å². The van der Waals surface area contributed by atoms with Gasteiger partial charge in [0.2, 0.25) is 0 Å². The lowest BCUT2D eigenvalue weighted by atomic mass is 9.97. The fraction of sp³-hybridized carbons (Fsp3) is 0.875. The number of hydrogen-bond acceptors (Lipinski definition) is 2. The molecule has 0 rings (SSSR count). The number of ether oxygens (including phenoxy) is 1. The van der Waals surface area contributed by atoms with E-state index in [0.717, 1.165) is 19.3 Å². The first-order valence-electron chi connectivity index (χ1n) is 3.71. The molecule has 0 radical (unpaired) electrons. The van der Waals surface area contributed by atoms with Gasteiger partial charge in [0.05, 0.1) is 6.07 Å². The van der Waals surface area contributed by atoms with E-state index >= 15 is 0 Å². The summed E-state index contributed by atoms with van der Waals surface area (Å²) < 4.78 is 5.12. The van der Waals surface area contributed by atoms with Crippen molar-refractivity contribution in [3.05, 3.63) is 0 Å². The first-order valence-corrected chi connectivity index (χ1v) is 3.71. The lowest BCUT2D eigenvalue weighted by Crippen LogP contribution is -2.27. The summed E-state index contributed by atoms with van der Waals surface area (Å²) in [4.78, 5) is 0. The standard InChI is InChI=1S/C8H15NO/c1-4-6-8(5-2,7-9)10-3/h4-6H2,1-3H3. The molecule has 0 aliphatic heterocycles. The molecule has 0 spiro atoms. The van der Waals surface area contributed by atoms with Gasteiger partial charge in [-0.2, -0.15) is 5.26 Å². The third kappa shape index (κ3) is 2.00. The minimum absolute atomic E-state index is 0.519. The van der Waals surface area contributed by atoms with Crippen molar-refractivity contribution in [1.29, 1.82) is 5.26 Å². The molecule has 0 fully saturated rings. The largest absolute Gasteiger partial charge is 0.363 e. The number of nitrogens with zero attached hydrogens (tertiary/aromatic N) is 1. The second-order valence-electron chi connectivity index (χ2n) is 2.41. The highest BCUT2D eigenvalue weighted by molar-refractivity contribution is 5.00. The second kappa shape index (κ2) is 4.29. The molecule has 0 saturated heterocycles. The number of hydrogen-bond donors (Lipinski definition) is 0. The van der Waals surface area contributed by atoms with E-state index < -0.39 is 5.60 Å². The highest BCUT2D eigenvalue weighted by Gasteiger charge is 2.25. The van der Waals surface area contributed by atoms with Crippen molar-refractivity contribution >= 4 is 0 Å². The third-order valence-electron chi connectivity index (χ3n) is 1.82. The molecule has 0 aromatic rings. The monoisotopic (exact) mass is 141 g/mol. The zero-order valence-electron chi connectivity index (χ0n) is 6.98. The Morgan fingerprint density at radius 1 is 1.50 bits per heavy atom. The molecule has 10 heavy (non-hydrogen) atoms. The molecule has 1 unspecified atom stereocenters. The third-order valence-corrected chi connectivity index (χ3v) is 1.82. The van der Waals surface area contributed by atoms with Crippen LogP contribution in [0.5, 0.6) is 0 Å². The Balaban J connectivity index is 4.05. The van der Waals surface area contributed by atoms with Gasteiger partial charge >= 0.3 is 0 Å². The van der Waals surface area contributed by atoms with Crippen LogP contribution in [0.1, 0.15) is 33.1 Å². The Bertz CT molecular complexity index is 122. The van der Waals surface area contributed by atoms with Crippen LogP contribution < -0.4 is 0 Å². The summed E-state index contributed by atoms with van der Waals surface area (Å²) in [6.07, 6.45) is 2.60. The van der Waals surface area contributed by atoms with Crippen LogP contribution in [0.25, 0.3) is 0 Å². The number of nitriles is 1. The molecule has 58 valence electrons. The molecule has 0 heterocycles. The van der Waals surface area contributed by atoms with Crippen molar-refractivity contribution in [2.45, 2.75) is 38.7 Å². The van der Waals surface area contributed by atoms with Crippen LogP contribution in [0, 0.1) is 11.3 Å². The zero-order chi connectivity index (χ0) is 8.04. The highest BCUT2D eigenvalue weighted by atomic mass is 16.5. The first kappa shape index (κ1) is 9.45. The van der Waals surface area contributed by atoms with Gasteiger partial charge in [-0.3, -0.25) is 0 Å². The normalized spacial score (nSPS) is 15.8. The molecule has 0 amide bonds.